The summed E-state index contributed by atoms with van der Waals surface area (Å²) in [6, 6.07) is 4.79. The zero-order chi connectivity index (χ0) is 15.6. The van der Waals surface area contributed by atoms with Crippen LogP contribution in [-0.4, -0.2) is 18.5 Å². The molecule has 0 spiro atoms. The number of benzene rings is 1. The molecular formula is C14H18N2O3S2. The molecule has 1 aromatic heterocycles. The molecule has 0 aliphatic rings. The molecule has 1 aromatic carbocycles. The summed E-state index contributed by atoms with van der Waals surface area (Å²) < 4.78 is 27.2. The van der Waals surface area contributed by atoms with E-state index in [4.69, 9.17) is 0 Å². The summed E-state index contributed by atoms with van der Waals surface area (Å²) in [5.41, 5.74) is 2.39. The van der Waals surface area contributed by atoms with E-state index in [1.165, 1.54) is 17.4 Å². The van der Waals surface area contributed by atoms with Gasteiger partial charge < -0.3 is 5.11 Å². The first-order valence-corrected chi connectivity index (χ1v) is 8.87. The predicted octanol–water partition coefficient (Wildman–Crippen LogP) is 2.62. The second-order valence-electron chi connectivity index (χ2n) is 4.71. The van der Waals surface area contributed by atoms with Gasteiger partial charge in [0, 0.05) is 4.88 Å². The van der Waals surface area contributed by atoms with Crippen LogP contribution in [0.25, 0.3) is 0 Å². The van der Waals surface area contributed by atoms with Crippen LogP contribution in [0.5, 0.6) is 0 Å². The fraction of sp³-hybridized carbons (Fsp3) is 0.357. The topological polar surface area (TPSA) is 79.3 Å². The smallest absolute Gasteiger partial charge is 0.263 e. The minimum absolute atomic E-state index is 0.134. The van der Waals surface area contributed by atoms with E-state index in [9.17, 15) is 13.5 Å². The SMILES string of the molecule is CCc1ccc(S(=O)(=O)Nc2nc(C)c(C)s2)cc1CO. The van der Waals surface area contributed by atoms with E-state index in [1.807, 2.05) is 20.8 Å². The third-order valence-electron chi connectivity index (χ3n) is 3.29. The third-order valence-corrected chi connectivity index (χ3v) is 5.74. The van der Waals surface area contributed by atoms with E-state index in [1.54, 1.807) is 12.1 Å². The van der Waals surface area contributed by atoms with Gasteiger partial charge in [-0.2, -0.15) is 0 Å². The van der Waals surface area contributed by atoms with Gasteiger partial charge in [-0.15, -0.1) is 11.3 Å². The number of aryl methyl sites for hydroxylation is 3. The van der Waals surface area contributed by atoms with Crippen LogP contribution in [0, 0.1) is 13.8 Å². The van der Waals surface area contributed by atoms with E-state index in [2.05, 4.69) is 9.71 Å². The molecule has 0 amide bonds. The lowest BCUT2D eigenvalue weighted by Crippen LogP contribution is -2.13. The molecule has 0 aliphatic carbocycles. The fourth-order valence-corrected chi connectivity index (χ4v) is 4.05. The number of aliphatic hydroxyl groups excluding tert-OH is 1. The normalized spacial score (nSPS) is 11.6. The number of aliphatic hydroxyl groups is 1. The van der Waals surface area contributed by atoms with Gasteiger partial charge in [-0.3, -0.25) is 4.72 Å². The molecule has 0 saturated heterocycles. The molecule has 0 bridgehead atoms. The molecular weight excluding hydrogens is 308 g/mol. The van der Waals surface area contributed by atoms with Crippen molar-refractivity contribution >= 4 is 26.5 Å². The van der Waals surface area contributed by atoms with Crippen molar-refractivity contribution < 1.29 is 13.5 Å². The second-order valence-corrected chi connectivity index (χ2v) is 7.59. The maximum absolute atomic E-state index is 12.4. The average molecular weight is 326 g/mol. The zero-order valence-corrected chi connectivity index (χ0v) is 13.8. The van der Waals surface area contributed by atoms with E-state index >= 15 is 0 Å². The van der Waals surface area contributed by atoms with Crippen LogP contribution < -0.4 is 4.72 Å². The van der Waals surface area contributed by atoms with Crippen LogP contribution in [0.3, 0.4) is 0 Å². The van der Waals surface area contributed by atoms with E-state index in [0.717, 1.165) is 22.6 Å². The first kappa shape index (κ1) is 15.9. The first-order valence-electron chi connectivity index (χ1n) is 6.57. The lowest BCUT2D eigenvalue weighted by molar-refractivity contribution is 0.280. The molecule has 0 unspecified atom stereocenters. The van der Waals surface area contributed by atoms with Crippen molar-refractivity contribution in [2.24, 2.45) is 0 Å². The number of hydrogen-bond acceptors (Lipinski definition) is 5. The summed E-state index contributed by atoms with van der Waals surface area (Å²) in [4.78, 5) is 5.29. The van der Waals surface area contributed by atoms with E-state index in [-0.39, 0.29) is 11.5 Å². The van der Waals surface area contributed by atoms with Gasteiger partial charge in [0.25, 0.3) is 10.0 Å². The quantitative estimate of drug-likeness (QED) is 0.885. The highest BCUT2D eigenvalue weighted by Crippen LogP contribution is 2.25. The van der Waals surface area contributed by atoms with Crippen molar-refractivity contribution in [1.82, 2.24) is 4.98 Å². The van der Waals surface area contributed by atoms with Crippen LogP contribution in [0.15, 0.2) is 23.1 Å². The van der Waals surface area contributed by atoms with Crippen molar-refractivity contribution in [3.8, 4) is 0 Å². The van der Waals surface area contributed by atoms with Crippen LogP contribution in [0.1, 0.15) is 28.6 Å². The predicted molar refractivity (Wildman–Crippen MR) is 84.1 cm³/mol. The number of sulfonamides is 1. The Kier molecular flexibility index (Phi) is 4.65. The number of nitrogens with zero attached hydrogens (tertiary/aromatic N) is 1. The van der Waals surface area contributed by atoms with Gasteiger partial charge in [0.2, 0.25) is 0 Å². The molecule has 0 radical (unpaired) electrons. The molecule has 0 saturated carbocycles. The van der Waals surface area contributed by atoms with Crippen molar-refractivity contribution in [1.29, 1.82) is 0 Å². The van der Waals surface area contributed by atoms with Crippen LogP contribution in [-0.2, 0) is 23.1 Å². The highest BCUT2D eigenvalue weighted by atomic mass is 32.2. The minimum Gasteiger partial charge on any atom is -0.392 e. The maximum Gasteiger partial charge on any atom is 0.263 e. The van der Waals surface area contributed by atoms with Gasteiger partial charge in [0.05, 0.1) is 17.2 Å². The number of nitrogens with one attached hydrogen (secondary N) is 1. The zero-order valence-electron chi connectivity index (χ0n) is 12.2. The Morgan fingerprint density at radius 3 is 2.52 bits per heavy atom. The molecule has 0 aliphatic heterocycles. The third kappa shape index (κ3) is 3.42. The van der Waals surface area contributed by atoms with E-state index < -0.39 is 10.0 Å². The van der Waals surface area contributed by atoms with Crippen LogP contribution >= 0.6 is 11.3 Å². The van der Waals surface area contributed by atoms with Gasteiger partial charge in [0.1, 0.15) is 0 Å². The van der Waals surface area contributed by atoms with Gasteiger partial charge in [-0.1, -0.05) is 13.0 Å². The largest absolute Gasteiger partial charge is 0.392 e. The highest BCUT2D eigenvalue weighted by Gasteiger charge is 2.18. The summed E-state index contributed by atoms with van der Waals surface area (Å²) >= 11 is 1.30. The second kappa shape index (κ2) is 6.13. The summed E-state index contributed by atoms with van der Waals surface area (Å²) in [5, 5.41) is 9.70. The number of rotatable bonds is 5. The molecule has 114 valence electrons. The molecule has 7 heteroatoms. The first-order chi connectivity index (χ1) is 9.87. The summed E-state index contributed by atoms with van der Waals surface area (Å²) in [5.74, 6) is 0. The van der Waals surface area contributed by atoms with Gasteiger partial charge in [-0.05, 0) is 43.5 Å². The molecule has 0 fully saturated rings. The number of anilines is 1. The Morgan fingerprint density at radius 1 is 1.29 bits per heavy atom. The van der Waals surface area contributed by atoms with Crippen molar-refractivity contribution in [3.63, 3.8) is 0 Å². The fourth-order valence-electron chi connectivity index (χ4n) is 1.95. The van der Waals surface area contributed by atoms with Crippen molar-refractivity contribution in [3.05, 3.63) is 39.9 Å². The summed E-state index contributed by atoms with van der Waals surface area (Å²) in [7, 11) is -3.69. The monoisotopic (exact) mass is 326 g/mol. The lowest BCUT2D eigenvalue weighted by Gasteiger charge is -2.09. The molecule has 0 atom stereocenters. The summed E-state index contributed by atoms with van der Waals surface area (Å²) in [6.45, 7) is 5.51. The standard InChI is InChI=1S/C14H18N2O3S2/c1-4-11-5-6-13(7-12(11)8-17)21(18,19)16-14-15-9(2)10(3)20-14/h5-7,17H,4,8H2,1-3H3,(H,15,16). The Bertz CT molecular complexity index is 732. The number of hydrogen-bond donors (Lipinski definition) is 2. The van der Waals surface area contributed by atoms with Crippen LogP contribution in [0.4, 0.5) is 5.13 Å². The number of thiazole rings is 1. The Labute approximate surface area is 128 Å². The maximum atomic E-state index is 12.4. The van der Waals surface area contributed by atoms with Gasteiger partial charge in [0.15, 0.2) is 5.13 Å². The van der Waals surface area contributed by atoms with Gasteiger partial charge >= 0.3 is 0 Å². The van der Waals surface area contributed by atoms with Crippen molar-refractivity contribution in [2.45, 2.75) is 38.7 Å². The highest BCUT2D eigenvalue weighted by molar-refractivity contribution is 7.93. The van der Waals surface area contributed by atoms with E-state index in [0.29, 0.717) is 10.7 Å². The molecule has 1 heterocycles. The molecule has 2 aromatic rings. The Hall–Kier alpha value is -1.44. The molecule has 2 N–H and O–H groups in total. The Balaban J connectivity index is 2.35. The summed E-state index contributed by atoms with van der Waals surface area (Å²) in [6.07, 6.45) is 0.745. The van der Waals surface area contributed by atoms with Gasteiger partial charge in [-0.25, -0.2) is 13.4 Å². The van der Waals surface area contributed by atoms with Crippen molar-refractivity contribution in [2.75, 3.05) is 4.72 Å². The number of aromatic nitrogens is 1. The van der Waals surface area contributed by atoms with Crippen LogP contribution in [0.2, 0.25) is 0 Å². The Morgan fingerprint density at radius 2 is 2.00 bits per heavy atom. The molecule has 5 nitrogen and oxygen atoms in total. The molecule has 21 heavy (non-hydrogen) atoms. The molecule has 2 rings (SSSR count). The average Bonchev–Trinajstić information content (AvgIpc) is 2.75. The lowest BCUT2D eigenvalue weighted by atomic mass is 10.1. The minimum atomic E-state index is -3.69.